The molecule has 5 heteroatoms. The highest BCUT2D eigenvalue weighted by molar-refractivity contribution is 5.77. The summed E-state index contributed by atoms with van der Waals surface area (Å²) in [5.41, 5.74) is 1.55. The summed E-state index contributed by atoms with van der Waals surface area (Å²) in [4.78, 5) is 15.6. The highest BCUT2D eigenvalue weighted by atomic mass is 16.5. The number of rotatable bonds is 6. The van der Waals surface area contributed by atoms with E-state index >= 15 is 0 Å². The molecular formula is C16H17NO4. The lowest BCUT2D eigenvalue weighted by Gasteiger charge is -2.15. The normalized spacial score (nSPS) is 11.7. The molecule has 0 spiro atoms. The summed E-state index contributed by atoms with van der Waals surface area (Å²) in [7, 11) is 3.07. The molecule has 0 amide bonds. The van der Waals surface area contributed by atoms with Crippen molar-refractivity contribution in [2.75, 3.05) is 14.2 Å². The van der Waals surface area contributed by atoms with Gasteiger partial charge in [-0.25, -0.2) is 0 Å². The number of aromatic nitrogens is 1. The molecule has 0 saturated heterocycles. The number of carboxylic acids is 1. The Kier molecular flexibility index (Phi) is 4.77. The summed E-state index contributed by atoms with van der Waals surface area (Å²) in [6, 6.07) is 8.82. The Morgan fingerprint density at radius 3 is 2.57 bits per heavy atom. The topological polar surface area (TPSA) is 68.7 Å². The lowest BCUT2D eigenvalue weighted by atomic mass is 9.92. The van der Waals surface area contributed by atoms with Gasteiger partial charge in [0.15, 0.2) is 11.5 Å². The largest absolute Gasteiger partial charge is 0.493 e. The molecule has 1 heterocycles. The molecule has 21 heavy (non-hydrogen) atoms. The van der Waals surface area contributed by atoms with E-state index in [1.54, 1.807) is 43.8 Å². The number of aliphatic carboxylic acids is 1. The number of carboxylic acid groups (broad SMARTS) is 1. The summed E-state index contributed by atoms with van der Waals surface area (Å²) in [6.45, 7) is 0. The second-order valence-corrected chi connectivity index (χ2v) is 4.57. The Balaban J connectivity index is 2.32. The molecule has 0 aliphatic heterocycles. The van der Waals surface area contributed by atoms with Crippen molar-refractivity contribution in [2.24, 2.45) is 0 Å². The summed E-state index contributed by atoms with van der Waals surface area (Å²) < 4.78 is 10.4. The fraction of sp³-hybridized carbons (Fsp3) is 0.250. The van der Waals surface area contributed by atoms with E-state index in [0.717, 1.165) is 5.56 Å². The van der Waals surface area contributed by atoms with Crippen molar-refractivity contribution in [3.63, 3.8) is 0 Å². The third-order valence-corrected chi connectivity index (χ3v) is 3.27. The molecule has 0 bridgehead atoms. The molecule has 0 fully saturated rings. The number of carbonyl (C=O) groups is 1. The highest BCUT2D eigenvalue weighted by Crippen LogP contribution is 2.32. The maximum Gasteiger partial charge on any atom is 0.311 e. The number of benzene rings is 1. The second kappa shape index (κ2) is 6.74. The predicted molar refractivity (Wildman–Crippen MR) is 77.9 cm³/mol. The average Bonchev–Trinajstić information content (AvgIpc) is 2.52. The minimum absolute atomic E-state index is 0.374. The van der Waals surface area contributed by atoms with Crippen LogP contribution in [0.5, 0.6) is 11.5 Å². The predicted octanol–water partition coefficient (Wildman–Crippen LogP) is 2.51. The van der Waals surface area contributed by atoms with Crippen LogP contribution in [0, 0.1) is 0 Å². The van der Waals surface area contributed by atoms with Crippen molar-refractivity contribution >= 4 is 5.97 Å². The van der Waals surface area contributed by atoms with Crippen LogP contribution >= 0.6 is 0 Å². The maximum absolute atomic E-state index is 11.6. The quantitative estimate of drug-likeness (QED) is 0.884. The van der Waals surface area contributed by atoms with E-state index < -0.39 is 11.9 Å². The van der Waals surface area contributed by atoms with Gasteiger partial charge in [0.05, 0.1) is 20.1 Å². The summed E-state index contributed by atoms with van der Waals surface area (Å²) in [6.07, 6.45) is 3.71. The number of hydrogen-bond acceptors (Lipinski definition) is 4. The Morgan fingerprint density at radius 2 is 2.00 bits per heavy atom. The molecule has 0 aliphatic carbocycles. The fourth-order valence-corrected chi connectivity index (χ4v) is 2.17. The van der Waals surface area contributed by atoms with E-state index in [9.17, 15) is 9.90 Å². The molecule has 2 aromatic rings. The van der Waals surface area contributed by atoms with Crippen LogP contribution in [-0.4, -0.2) is 30.3 Å². The van der Waals surface area contributed by atoms with Gasteiger partial charge in [0.2, 0.25) is 0 Å². The molecule has 5 nitrogen and oxygen atoms in total. The third-order valence-electron chi connectivity index (χ3n) is 3.27. The Morgan fingerprint density at radius 1 is 1.24 bits per heavy atom. The Labute approximate surface area is 123 Å². The number of pyridine rings is 1. The third kappa shape index (κ3) is 3.51. The fourth-order valence-electron chi connectivity index (χ4n) is 2.17. The van der Waals surface area contributed by atoms with E-state index in [0.29, 0.717) is 23.5 Å². The number of ether oxygens (including phenoxy) is 2. The summed E-state index contributed by atoms with van der Waals surface area (Å²) in [5, 5.41) is 9.49. The van der Waals surface area contributed by atoms with Crippen molar-refractivity contribution in [1.29, 1.82) is 0 Å². The zero-order chi connectivity index (χ0) is 15.2. The minimum atomic E-state index is -0.883. The van der Waals surface area contributed by atoms with Crippen LogP contribution in [0.25, 0.3) is 0 Å². The van der Waals surface area contributed by atoms with Crippen molar-refractivity contribution in [2.45, 2.75) is 12.3 Å². The first-order chi connectivity index (χ1) is 10.2. The van der Waals surface area contributed by atoms with Gasteiger partial charge in [0, 0.05) is 12.4 Å². The van der Waals surface area contributed by atoms with Crippen LogP contribution in [0.15, 0.2) is 42.7 Å². The van der Waals surface area contributed by atoms with Gasteiger partial charge in [-0.3, -0.25) is 9.78 Å². The molecule has 1 aromatic heterocycles. The zero-order valence-electron chi connectivity index (χ0n) is 11.9. The maximum atomic E-state index is 11.6. The van der Waals surface area contributed by atoms with E-state index in [2.05, 4.69) is 4.98 Å². The molecule has 0 aliphatic rings. The van der Waals surface area contributed by atoms with Crippen LogP contribution in [0.3, 0.4) is 0 Å². The van der Waals surface area contributed by atoms with Gasteiger partial charge >= 0.3 is 5.97 Å². The monoisotopic (exact) mass is 287 g/mol. The number of hydrogen-bond donors (Lipinski definition) is 1. The van der Waals surface area contributed by atoms with Crippen LogP contribution in [0.2, 0.25) is 0 Å². The van der Waals surface area contributed by atoms with E-state index in [-0.39, 0.29) is 0 Å². The number of methoxy groups -OCH3 is 2. The molecular weight excluding hydrogens is 270 g/mol. The van der Waals surface area contributed by atoms with Crippen molar-refractivity contribution in [1.82, 2.24) is 4.98 Å². The van der Waals surface area contributed by atoms with Crippen LogP contribution in [0.4, 0.5) is 0 Å². The molecule has 110 valence electrons. The van der Waals surface area contributed by atoms with Crippen LogP contribution in [0.1, 0.15) is 17.0 Å². The number of nitrogens with zero attached hydrogens (tertiary/aromatic N) is 1. The van der Waals surface area contributed by atoms with Gasteiger partial charge in [0.25, 0.3) is 0 Å². The van der Waals surface area contributed by atoms with Gasteiger partial charge in [-0.1, -0.05) is 12.1 Å². The molecule has 0 saturated carbocycles. The smallest absolute Gasteiger partial charge is 0.311 e. The molecule has 1 N–H and O–H groups in total. The Hall–Kier alpha value is -2.56. The van der Waals surface area contributed by atoms with Crippen LogP contribution in [-0.2, 0) is 11.2 Å². The lowest BCUT2D eigenvalue weighted by molar-refractivity contribution is -0.138. The molecule has 1 atom stereocenters. The van der Waals surface area contributed by atoms with E-state index in [4.69, 9.17) is 9.47 Å². The van der Waals surface area contributed by atoms with Gasteiger partial charge in [-0.15, -0.1) is 0 Å². The van der Waals surface area contributed by atoms with Gasteiger partial charge < -0.3 is 14.6 Å². The second-order valence-electron chi connectivity index (χ2n) is 4.57. The van der Waals surface area contributed by atoms with Gasteiger partial charge in [0.1, 0.15) is 0 Å². The first kappa shape index (κ1) is 14.8. The summed E-state index contributed by atoms with van der Waals surface area (Å²) in [5.74, 6) is -0.445. The first-order valence-corrected chi connectivity index (χ1v) is 6.49. The Bertz CT molecular complexity index is 613. The van der Waals surface area contributed by atoms with Gasteiger partial charge in [-0.2, -0.15) is 0 Å². The SMILES string of the molecule is COc1ccc(C(Cc2cccnc2)C(=O)O)cc1OC. The molecule has 1 unspecified atom stereocenters. The van der Waals surface area contributed by atoms with Gasteiger partial charge in [-0.05, 0) is 35.7 Å². The molecule has 2 rings (SSSR count). The standard InChI is InChI=1S/C16H17NO4/c1-20-14-6-5-12(9-15(14)21-2)13(16(18)19)8-11-4-3-7-17-10-11/h3-7,9-10,13H,8H2,1-2H3,(H,18,19). The van der Waals surface area contributed by atoms with Crippen molar-refractivity contribution in [3.05, 3.63) is 53.9 Å². The van der Waals surface area contributed by atoms with E-state index in [1.807, 2.05) is 6.07 Å². The lowest BCUT2D eigenvalue weighted by Crippen LogP contribution is -2.14. The molecule has 1 aromatic carbocycles. The molecule has 0 radical (unpaired) electrons. The van der Waals surface area contributed by atoms with Crippen molar-refractivity contribution in [3.8, 4) is 11.5 Å². The van der Waals surface area contributed by atoms with Crippen LogP contribution < -0.4 is 9.47 Å². The first-order valence-electron chi connectivity index (χ1n) is 6.49. The minimum Gasteiger partial charge on any atom is -0.493 e. The average molecular weight is 287 g/mol. The highest BCUT2D eigenvalue weighted by Gasteiger charge is 2.22. The van der Waals surface area contributed by atoms with E-state index in [1.165, 1.54) is 7.11 Å². The zero-order valence-corrected chi connectivity index (χ0v) is 11.9. The van der Waals surface area contributed by atoms with Crippen molar-refractivity contribution < 1.29 is 19.4 Å². The summed E-state index contributed by atoms with van der Waals surface area (Å²) >= 11 is 0.